The van der Waals surface area contributed by atoms with E-state index < -0.39 is 33.5 Å². The Morgan fingerprint density at radius 1 is 1.15 bits per heavy atom. The van der Waals surface area contributed by atoms with E-state index in [2.05, 4.69) is 10.0 Å². The van der Waals surface area contributed by atoms with Crippen LogP contribution in [0.5, 0.6) is 5.75 Å². The number of hydrogen-bond donors (Lipinski definition) is 3. The fourth-order valence-corrected chi connectivity index (χ4v) is 5.44. The van der Waals surface area contributed by atoms with Gasteiger partial charge in [0.15, 0.2) is 6.73 Å². The second-order valence-corrected chi connectivity index (χ2v) is 11.0. The quantitative estimate of drug-likeness (QED) is 0.274. The van der Waals surface area contributed by atoms with Crippen molar-refractivity contribution in [2.45, 2.75) is 13.7 Å². The van der Waals surface area contributed by atoms with Crippen molar-refractivity contribution in [3.05, 3.63) is 65.7 Å². The van der Waals surface area contributed by atoms with Gasteiger partial charge in [-0.2, -0.15) is 0 Å². The number of amides is 1. The van der Waals surface area contributed by atoms with Gasteiger partial charge in [0.1, 0.15) is 28.4 Å². The molecular weight excluding hydrogens is 543 g/mol. The number of anilines is 1. The van der Waals surface area contributed by atoms with E-state index in [1.54, 1.807) is 34.9 Å². The smallest absolute Gasteiger partial charge is 0.372 e. The fraction of sp³-hybridized carbons (Fsp3) is 0.148. The van der Waals surface area contributed by atoms with Crippen molar-refractivity contribution in [1.29, 1.82) is 0 Å². The Labute approximate surface area is 226 Å². The van der Waals surface area contributed by atoms with Crippen LogP contribution in [-0.4, -0.2) is 47.8 Å². The van der Waals surface area contributed by atoms with Crippen molar-refractivity contribution < 1.29 is 36.7 Å². The number of pyridine rings is 1. The van der Waals surface area contributed by atoms with Crippen LogP contribution in [0.4, 0.5) is 10.1 Å². The lowest BCUT2D eigenvalue weighted by molar-refractivity contribution is 0.0658. The zero-order valence-electron chi connectivity index (χ0n) is 21.1. The summed E-state index contributed by atoms with van der Waals surface area (Å²) in [6.45, 7) is 1.61. The van der Waals surface area contributed by atoms with Gasteiger partial charge in [-0.25, -0.2) is 22.6 Å². The Bertz CT molecular complexity index is 2000. The molecule has 0 unspecified atom stereocenters. The standard InChI is InChI=1S/C27H21FN4O7S/c1-3-40(36,37)31-18-11-22-15(23(26(33)29-2)25(39-22)27(34)35)9-14(18)17-7-8-21-24(30-17)20-10-13-16(28)5-4-6-19(13)32(20)12-38-21/h4-11,31H,3,12H2,1-2H3,(H,29,33)(H,34,35). The summed E-state index contributed by atoms with van der Waals surface area (Å²) in [4.78, 5) is 29.3. The van der Waals surface area contributed by atoms with E-state index in [-0.39, 0.29) is 46.0 Å². The number of benzene rings is 2. The number of carbonyl (C=O) groups excluding carboxylic acids is 1. The highest BCUT2D eigenvalue weighted by Gasteiger charge is 2.28. The molecular formula is C27H21FN4O7S. The van der Waals surface area contributed by atoms with Crippen LogP contribution in [0.1, 0.15) is 27.8 Å². The normalized spacial score (nSPS) is 12.6. The molecule has 1 aliphatic rings. The van der Waals surface area contributed by atoms with Crippen LogP contribution in [0.3, 0.4) is 0 Å². The minimum absolute atomic E-state index is 0.00884. The van der Waals surface area contributed by atoms with Crippen LogP contribution in [-0.2, 0) is 16.8 Å². The van der Waals surface area contributed by atoms with Crippen molar-refractivity contribution in [2.24, 2.45) is 0 Å². The zero-order valence-corrected chi connectivity index (χ0v) is 21.9. The molecule has 11 nitrogen and oxygen atoms in total. The summed E-state index contributed by atoms with van der Waals surface area (Å²) < 4.78 is 55.3. The van der Waals surface area contributed by atoms with E-state index in [0.717, 1.165) is 0 Å². The third-order valence-corrected chi connectivity index (χ3v) is 8.03. The minimum atomic E-state index is -3.79. The summed E-state index contributed by atoms with van der Waals surface area (Å²) >= 11 is 0. The molecule has 13 heteroatoms. The first kappa shape index (κ1) is 25.4. The van der Waals surface area contributed by atoms with Gasteiger partial charge in [-0.3, -0.25) is 9.52 Å². The topological polar surface area (TPSA) is 153 Å². The van der Waals surface area contributed by atoms with Crippen LogP contribution in [0.2, 0.25) is 0 Å². The van der Waals surface area contributed by atoms with Crippen LogP contribution in [0, 0.1) is 5.82 Å². The van der Waals surface area contributed by atoms with E-state index >= 15 is 0 Å². The molecule has 204 valence electrons. The highest BCUT2D eigenvalue weighted by molar-refractivity contribution is 7.92. The highest BCUT2D eigenvalue weighted by Crippen LogP contribution is 2.41. The van der Waals surface area contributed by atoms with Crippen LogP contribution < -0.4 is 14.8 Å². The number of carboxylic acids is 1. The van der Waals surface area contributed by atoms with Crippen molar-refractivity contribution in [3.8, 4) is 28.4 Å². The Kier molecular flexibility index (Phi) is 5.76. The number of carboxylic acid groups (broad SMARTS) is 1. The predicted molar refractivity (Wildman–Crippen MR) is 144 cm³/mol. The van der Waals surface area contributed by atoms with Crippen LogP contribution in [0.15, 0.2) is 52.9 Å². The minimum Gasteiger partial charge on any atom is -0.475 e. The molecule has 4 heterocycles. The first-order valence-corrected chi connectivity index (χ1v) is 13.8. The molecule has 0 saturated heterocycles. The molecule has 1 aliphatic heterocycles. The number of aromatic nitrogens is 2. The van der Waals surface area contributed by atoms with Crippen LogP contribution >= 0.6 is 0 Å². The molecule has 0 saturated carbocycles. The molecule has 5 aromatic rings. The molecule has 3 aromatic heterocycles. The summed E-state index contributed by atoms with van der Waals surface area (Å²) in [6, 6.07) is 12.5. The molecule has 0 spiro atoms. The SMILES string of the molecule is CCS(=O)(=O)Nc1cc2oc(C(=O)O)c(C(=O)NC)c2cc1-c1ccc2c(n1)-c1cc3c(F)cccc3n1CO2. The Morgan fingerprint density at radius 3 is 2.67 bits per heavy atom. The molecule has 40 heavy (non-hydrogen) atoms. The van der Waals surface area contributed by atoms with E-state index in [0.29, 0.717) is 28.0 Å². The third-order valence-electron chi connectivity index (χ3n) is 6.74. The zero-order chi connectivity index (χ0) is 28.3. The maximum Gasteiger partial charge on any atom is 0.372 e. The average molecular weight is 565 g/mol. The lowest BCUT2D eigenvalue weighted by Crippen LogP contribution is -2.20. The second-order valence-electron chi connectivity index (χ2n) is 9.04. The third kappa shape index (κ3) is 3.93. The lowest BCUT2D eigenvalue weighted by atomic mass is 10.0. The summed E-state index contributed by atoms with van der Waals surface area (Å²) in [6.07, 6.45) is 0. The maximum atomic E-state index is 14.6. The molecule has 0 radical (unpaired) electrons. The number of sulfonamides is 1. The van der Waals surface area contributed by atoms with Crippen molar-refractivity contribution in [3.63, 3.8) is 0 Å². The number of furan rings is 1. The Hall–Kier alpha value is -4.91. The van der Waals surface area contributed by atoms with E-state index in [9.17, 15) is 27.5 Å². The molecule has 1 amide bonds. The number of carbonyl (C=O) groups is 2. The molecule has 0 aliphatic carbocycles. The summed E-state index contributed by atoms with van der Waals surface area (Å²) in [5.74, 6) is -2.93. The van der Waals surface area contributed by atoms with Gasteiger partial charge in [0.05, 0.1) is 28.3 Å². The van der Waals surface area contributed by atoms with E-state index in [1.807, 2.05) is 0 Å². The van der Waals surface area contributed by atoms with Crippen molar-refractivity contribution in [2.75, 3.05) is 17.5 Å². The van der Waals surface area contributed by atoms with Gasteiger partial charge in [-0.1, -0.05) is 6.07 Å². The Morgan fingerprint density at radius 2 is 1.95 bits per heavy atom. The number of ether oxygens (including phenoxy) is 1. The van der Waals surface area contributed by atoms with E-state index in [4.69, 9.17) is 14.1 Å². The Balaban J connectivity index is 1.61. The lowest BCUT2D eigenvalue weighted by Gasteiger charge is -2.21. The first-order chi connectivity index (χ1) is 19.1. The molecule has 6 rings (SSSR count). The van der Waals surface area contributed by atoms with Crippen LogP contribution in [0.25, 0.3) is 44.5 Å². The monoisotopic (exact) mass is 564 g/mol. The number of hydrogen-bond acceptors (Lipinski definition) is 7. The summed E-state index contributed by atoms with van der Waals surface area (Å²) in [5.41, 5.74) is 2.02. The molecule has 0 fully saturated rings. The van der Waals surface area contributed by atoms with Gasteiger partial charge < -0.3 is 24.1 Å². The highest BCUT2D eigenvalue weighted by atomic mass is 32.2. The van der Waals surface area contributed by atoms with Crippen molar-refractivity contribution in [1.82, 2.24) is 14.9 Å². The summed E-state index contributed by atoms with van der Waals surface area (Å²) in [5, 5.41) is 12.6. The number of fused-ring (bicyclic) bond motifs is 6. The molecule has 0 atom stereocenters. The molecule has 3 N–H and O–H groups in total. The maximum absolute atomic E-state index is 14.6. The predicted octanol–water partition coefficient (Wildman–Crippen LogP) is 4.42. The summed E-state index contributed by atoms with van der Waals surface area (Å²) in [7, 11) is -2.43. The van der Waals surface area contributed by atoms with Crippen molar-refractivity contribution >= 4 is 49.5 Å². The molecule has 0 bridgehead atoms. The van der Waals surface area contributed by atoms with Gasteiger partial charge in [0, 0.05) is 29.4 Å². The van der Waals surface area contributed by atoms with E-state index in [1.165, 1.54) is 32.2 Å². The largest absolute Gasteiger partial charge is 0.475 e. The second kappa shape index (κ2) is 9.09. The van der Waals surface area contributed by atoms with Gasteiger partial charge in [-0.05, 0) is 43.3 Å². The number of nitrogens with one attached hydrogen (secondary N) is 2. The van der Waals surface area contributed by atoms with Gasteiger partial charge in [0.2, 0.25) is 15.8 Å². The van der Waals surface area contributed by atoms with Gasteiger partial charge in [0.25, 0.3) is 5.91 Å². The first-order valence-electron chi connectivity index (χ1n) is 12.1. The van der Waals surface area contributed by atoms with Gasteiger partial charge >= 0.3 is 5.97 Å². The number of rotatable bonds is 6. The molecule has 2 aromatic carbocycles. The number of halogens is 1. The van der Waals surface area contributed by atoms with Gasteiger partial charge in [-0.15, -0.1) is 0 Å². The fourth-order valence-electron chi connectivity index (χ4n) is 4.79. The number of aromatic carboxylic acids is 1. The average Bonchev–Trinajstić information content (AvgIpc) is 3.51. The number of nitrogens with zero attached hydrogens (tertiary/aromatic N) is 2.